The monoisotopic (exact) mass is 306 g/mol. The number of sulfonamides is 1. The predicted octanol–water partition coefficient (Wildman–Crippen LogP) is 2.05. The molecule has 2 rings (SSSR count). The van der Waals surface area contributed by atoms with Crippen molar-refractivity contribution in [1.82, 2.24) is 9.71 Å². The highest BCUT2D eigenvalue weighted by atomic mass is 35.5. The molecule has 1 aliphatic rings. The molecule has 4 nitrogen and oxygen atoms in total. The van der Waals surface area contributed by atoms with Gasteiger partial charge in [0.1, 0.15) is 5.15 Å². The number of nitrogens with zero attached hydrogens (tertiary/aromatic N) is 1. The van der Waals surface area contributed by atoms with Crippen LogP contribution in [0.3, 0.4) is 0 Å². The van der Waals surface area contributed by atoms with Crippen LogP contribution < -0.4 is 4.72 Å². The molecule has 2 heterocycles. The van der Waals surface area contributed by atoms with Crippen LogP contribution in [0.15, 0.2) is 18.3 Å². The summed E-state index contributed by atoms with van der Waals surface area (Å²) >= 11 is 7.45. The molecule has 1 aromatic heterocycles. The van der Waals surface area contributed by atoms with Crippen LogP contribution in [0, 0.1) is 0 Å². The van der Waals surface area contributed by atoms with Gasteiger partial charge in [-0.2, -0.15) is 11.8 Å². The smallest absolute Gasteiger partial charge is 0.216 e. The van der Waals surface area contributed by atoms with E-state index in [9.17, 15) is 8.42 Å². The summed E-state index contributed by atoms with van der Waals surface area (Å²) in [5, 5.41) is 0.368. The van der Waals surface area contributed by atoms with E-state index in [0.717, 1.165) is 24.3 Å². The lowest BCUT2D eigenvalue weighted by Crippen LogP contribution is -2.38. The fourth-order valence-electron chi connectivity index (χ4n) is 1.84. The summed E-state index contributed by atoms with van der Waals surface area (Å²) in [6, 6.07) is 3.35. The molecule has 0 radical (unpaired) electrons. The maximum absolute atomic E-state index is 12.0. The molecule has 0 aliphatic carbocycles. The van der Waals surface area contributed by atoms with Gasteiger partial charge < -0.3 is 0 Å². The van der Waals surface area contributed by atoms with Gasteiger partial charge in [0.25, 0.3) is 0 Å². The molecule has 1 atom stereocenters. The van der Waals surface area contributed by atoms with Gasteiger partial charge in [-0.3, -0.25) is 0 Å². The summed E-state index contributed by atoms with van der Waals surface area (Å²) in [5.41, 5.74) is 0.648. The zero-order valence-corrected chi connectivity index (χ0v) is 12.2. The van der Waals surface area contributed by atoms with Crippen molar-refractivity contribution < 1.29 is 8.42 Å². The van der Waals surface area contributed by atoms with Crippen LogP contribution in [0.5, 0.6) is 0 Å². The molecular formula is C11H15ClN2O2S2. The van der Waals surface area contributed by atoms with Crippen LogP contribution in [-0.2, 0) is 15.8 Å². The molecular weight excluding hydrogens is 292 g/mol. The summed E-state index contributed by atoms with van der Waals surface area (Å²) in [5.74, 6) is 1.94. The quantitative estimate of drug-likeness (QED) is 0.865. The average Bonchev–Trinajstić information content (AvgIpc) is 2.32. The maximum atomic E-state index is 12.0. The minimum Gasteiger partial charge on any atom is -0.244 e. The molecule has 0 spiro atoms. The van der Waals surface area contributed by atoms with E-state index >= 15 is 0 Å². The molecule has 1 N–H and O–H groups in total. The highest BCUT2D eigenvalue weighted by Gasteiger charge is 2.20. The Hall–Kier alpha value is -0.300. The second kappa shape index (κ2) is 6.23. The van der Waals surface area contributed by atoms with Crippen molar-refractivity contribution in [2.24, 2.45) is 0 Å². The summed E-state index contributed by atoms with van der Waals surface area (Å²) in [6.45, 7) is 0. The number of nitrogens with one attached hydrogen (secondary N) is 1. The van der Waals surface area contributed by atoms with Gasteiger partial charge in [-0.25, -0.2) is 18.1 Å². The van der Waals surface area contributed by atoms with Crippen molar-refractivity contribution in [3.63, 3.8) is 0 Å². The molecule has 0 bridgehead atoms. The summed E-state index contributed by atoms with van der Waals surface area (Å²) in [7, 11) is -3.29. The van der Waals surface area contributed by atoms with Crippen LogP contribution in [0.25, 0.3) is 0 Å². The Kier molecular flexibility index (Phi) is 4.89. The number of rotatable bonds is 4. The lowest BCUT2D eigenvalue weighted by molar-refractivity contribution is 0.542. The van der Waals surface area contributed by atoms with Gasteiger partial charge >= 0.3 is 0 Å². The Bertz CT molecular complexity index is 484. The summed E-state index contributed by atoms with van der Waals surface area (Å²) in [6.07, 6.45) is 3.49. The number of pyridine rings is 1. The highest BCUT2D eigenvalue weighted by Crippen LogP contribution is 2.18. The predicted molar refractivity (Wildman–Crippen MR) is 75.4 cm³/mol. The van der Waals surface area contributed by atoms with Gasteiger partial charge in [0.05, 0.1) is 5.75 Å². The van der Waals surface area contributed by atoms with E-state index in [1.54, 1.807) is 23.9 Å². The third-order valence-corrected chi connectivity index (χ3v) is 5.50. The van der Waals surface area contributed by atoms with Crippen molar-refractivity contribution in [3.8, 4) is 0 Å². The van der Waals surface area contributed by atoms with Gasteiger partial charge in [-0.15, -0.1) is 0 Å². The third-order valence-electron chi connectivity index (χ3n) is 2.65. The topological polar surface area (TPSA) is 59.1 Å². The van der Waals surface area contributed by atoms with Gasteiger partial charge in [0.2, 0.25) is 10.0 Å². The number of halogens is 1. The minimum atomic E-state index is -3.29. The van der Waals surface area contributed by atoms with Crippen molar-refractivity contribution >= 4 is 33.4 Å². The molecule has 7 heteroatoms. The van der Waals surface area contributed by atoms with Crippen molar-refractivity contribution in [2.75, 3.05) is 11.5 Å². The number of hydrogen-bond acceptors (Lipinski definition) is 4. The first kappa shape index (κ1) is 14.1. The molecule has 0 aromatic carbocycles. The molecule has 0 amide bonds. The van der Waals surface area contributed by atoms with Gasteiger partial charge in [-0.1, -0.05) is 17.7 Å². The van der Waals surface area contributed by atoms with E-state index in [4.69, 9.17) is 11.6 Å². The number of hydrogen-bond donors (Lipinski definition) is 1. The fraction of sp³-hybridized carbons (Fsp3) is 0.545. The van der Waals surface area contributed by atoms with Crippen LogP contribution in [0.4, 0.5) is 0 Å². The second-order valence-corrected chi connectivity index (χ2v) is 7.57. The first-order chi connectivity index (χ1) is 8.55. The zero-order valence-electron chi connectivity index (χ0n) is 9.80. The second-order valence-electron chi connectivity index (χ2n) is 4.28. The SMILES string of the molecule is O=S(=O)(Cc1ccc(Cl)nc1)NC1CCCSC1. The highest BCUT2D eigenvalue weighted by molar-refractivity contribution is 7.99. The van der Waals surface area contributed by atoms with E-state index in [2.05, 4.69) is 9.71 Å². The summed E-state index contributed by atoms with van der Waals surface area (Å²) < 4.78 is 26.7. The van der Waals surface area contributed by atoms with E-state index < -0.39 is 10.0 Å². The van der Waals surface area contributed by atoms with Gasteiger partial charge in [-0.05, 0) is 30.2 Å². The Morgan fingerprint density at radius 1 is 1.50 bits per heavy atom. The van der Waals surface area contributed by atoms with Gasteiger partial charge in [0.15, 0.2) is 0 Å². The van der Waals surface area contributed by atoms with Crippen LogP contribution in [0.1, 0.15) is 18.4 Å². The Labute approximate surface area is 117 Å². The Morgan fingerprint density at radius 3 is 2.94 bits per heavy atom. The lowest BCUT2D eigenvalue weighted by Gasteiger charge is -2.22. The molecule has 1 fully saturated rings. The van der Waals surface area contributed by atoms with Crippen molar-refractivity contribution in [3.05, 3.63) is 29.0 Å². The normalized spacial score (nSPS) is 20.8. The minimum absolute atomic E-state index is 0.0433. The number of aromatic nitrogens is 1. The van der Waals surface area contributed by atoms with E-state index in [-0.39, 0.29) is 11.8 Å². The Balaban J connectivity index is 1.96. The van der Waals surface area contributed by atoms with Crippen LogP contribution in [-0.4, -0.2) is 30.9 Å². The average molecular weight is 307 g/mol. The lowest BCUT2D eigenvalue weighted by atomic mass is 10.2. The van der Waals surface area contributed by atoms with Gasteiger partial charge in [0, 0.05) is 18.0 Å². The Morgan fingerprint density at radius 2 is 2.33 bits per heavy atom. The van der Waals surface area contributed by atoms with E-state index in [1.165, 1.54) is 6.20 Å². The van der Waals surface area contributed by atoms with E-state index in [1.807, 2.05) is 0 Å². The van der Waals surface area contributed by atoms with Crippen molar-refractivity contribution in [2.45, 2.75) is 24.6 Å². The fourth-order valence-corrected chi connectivity index (χ4v) is 4.53. The molecule has 1 unspecified atom stereocenters. The first-order valence-electron chi connectivity index (χ1n) is 5.73. The standard InChI is InChI=1S/C11H15ClN2O2S2/c12-11-4-3-9(6-13-11)8-18(15,16)14-10-2-1-5-17-7-10/h3-4,6,10,14H,1-2,5,7-8H2. The largest absolute Gasteiger partial charge is 0.244 e. The molecule has 18 heavy (non-hydrogen) atoms. The molecule has 1 saturated heterocycles. The van der Waals surface area contributed by atoms with Crippen molar-refractivity contribution in [1.29, 1.82) is 0 Å². The molecule has 0 saturated carbocycles. The van der Waals surface area contributed by atoms with Crippen LogP contribution >= 0.6 is 23.4 Å². The van der Waals surface area contributed by atoms with Crippen LogP contribution in [0.2, 0.25) is 5.15 Å². The third kappa shape index (κ3) is 4.42. The molecule has 1 aliphatic heterocycles. The molecule has 1 aromatic rings. The van der Waals surface area contributed by atoms with E-state index in [0.29, 0.717) is 10.7 Å². The number of thioether (sulfide) groups is 1. The first-order valence-corrected chi connectivity index (χ1v) is 8.92. The maximum Gasteiger partial charge on any atom is 0.216 e. The molecule has 100 valence electrons. The zero-order chi connectivity index (χ0) is 13.0. The summed E-state index contributed by atoms with van der Waals surface area (Å²) in [4.78, 5) is 3.88.